The van der Waals surface area contributed by atoms with Crippen molar-refractivity contribution in [3.8, 4) is 0 Å². The maximum atomic E-state index is 13.5. The number of nitrogens with zero attached hydrogens (tertiary/aromatic N) is 1. The topological polar surface area (TPSA) is 49.4 Å². The third kappa shape index (κ3) is 4.80. The van der Waals surface area contributed by atoms with Gasteiger partial charge in [-0.2, -0.15) is 0 Å². The fourth-order valence-corrected chi connectivity index (χ4v) is 5.66. The molecule has 0 spiro atoms. The summed E-state index contributed by atoms with van der Waals surface area (Å²) in [5.74, 6) is -0.0254. The molecule has 2 amide bonds. The predicted molar refractivity (Wildman–Crippen MR) is 139 cm³/mol. The quantitative estimate of drug-likeness (QED) is 0.444. The summed E-state index contributed by atoms with van der Waals surface area (Å²) in [4.78, 5) is 29.7. The number of benzene rings is 3. The van der Waals surface area contributed by atoms with Crippen LogP contribution in [0.3, 0.4) is 0 Å². The number of hydrogen-bond donors (Lipinski definition) is 1. The molecule has 1 aliphatic heterocycles. The number of para-hydroxylation sites is 1. The first kappa shape index (κ1) is 22.5. The van der Waals surface area contributed by atoms with Crippen LogP contribution in [0.1, 0.15) is 52.7 Å². The zero-order chi connectivity index (χ0) is 23.5. The van der Waals surface area contributed by atoms with E-state index in [1.165, 1.54) is 30.2 Å². The van der Waals surface area contributed by atoms with Crippen molar-refractivity contribution in [1.29, 1.82) is 0 Å². The molecule has 2 aliphatic rings. The van der Waals surface area contributed by atoms with Gasteiger partial charge >= 0.3 is 0 Å². The van der Waals surface area contributed by atoms with Crippen molar-refractivity contribution in [1.82, 2.24) is 5.32 Å². The second-order valence-electron chi connectivity index (χ2n) is 8.97. The number of rotatable bonds is 5. The normalized spacial score (nSPS) is 17.1. The molecule has 1 N–H and O–H groups in total. The average Bonchev–Trinajstić information content (AvgIpc) is 3.36. The van der Waals surface area contributed by atoms with E-state index >= 15 is 0 Å². The van der Waals surface area contributed by atoms with Gasteiger partial charge in [-0.05, 0) is 66.8 Å². The standard InChI is InChI=1S/C29H28N2O2S/c1-20-8-2-3-9-23(20)19-31-25-12-6-7-13-26(25)34-27(29(31)33)18-21-14-16-22(17-15-21)28(32)30-24-10-4-5-11-24/h2-3,6-9,12-18,24H,4-5,10-11,19H2,1H3,(H,30,32). The van der Waals surface area contributed by atoms with Gasteiger partial charge in [-0.25, -0.2) is 0 Å². The van der Waals surface area contributed by atoms with E-state index in [-0.39, 0.29) is 11.8 Å². The van der Waals surface area contributed by atoms with Gasteiger partial charge < -0.3 is 10.2 Å². The van der Waals surface area contributed by atoms with Crippen LogP contribution >= 0.6 is 11.8 Å². The molecule has 0 bridgehead atoms. The third-order valence-electron chi connectivity index (χ3n) is 6.58. The molecule has 1 heterocycles. The molecule has 0 saturated heterocycles. The molecule has 0 aromatic heterocycles. The number of nitrogens with one attached hydrogen (secondary N) is 1. The molecule has 5 heteroatoms. The van der Waals surface area contributed by atoms with Crippen molar-refractivity contribution < 1.29 is 9.59 Å². The zero-order valence-corrected chi connectivity index (χ0v) is 20.1. The fraction of sp³-hybridized carbons (Fsp3) is 0.241. The van der Waals surface area contributed by atoms with E-state index in [0.29, 0.717) is 23.1 Å². The average molecular weight is 469 g/mol. The van der Waals surface area contributed by atoms with Crippen molar-refractivity contribution in [2.75, 3.05) is 4.90 Å². The maximum absolute atomic E-state index is 13.5. The summed E-state index contributed by atoms with van der Waals surface area (Å²) in [6.07, 6.45) is 6.43. The van der Waals surface area contributed by atoms with Crippen molar-refractivity contribution in [3.05, 3.63) is 100.0 Å². The summed E-state index contributed by atoms with van der Waals surface area (Å²) >= 11 is 1.50. The van der Waals surface area contributed by atoms with Crippen LogP contribution in [-0.4, -0.2) is 17.9 Å². The molecule has 1 saturated carbocycles. The number of fused-ring (bicyclic) bond motifs is 1. The van der Waals surface area contributed by atoms with Gasteiger partial charge in [-0.3, -0.25) is 9.59 Å². The monoisotopic (exact) mass is 468 g/mol. The third-order valence-corrected chi connectivity index (χ3v) is 7.66. The Morgan fingerprint density at radius 2 is 1.71 bits per heavy atom. The Balaban J connectivity index is 1.39. The lowest BCUT2D eigenvalue weighted by molar-refractivity contribution is -0.114. The van der Waals surface area contributed by atoms with Crippen molar-refractivity contribution in [3.63, 3.8) is 0 Å². The summed E-state index contributed by atoms with van der Waals surface area (Å²) < 4.78 is 0. The fourth-order valence-electron chi connectivity index (χ4n) is 4.60. The molecule has 0 atom stereocenters. The van der Waals surface area contributed by atoms with Crippen molar-refractivity contribution in [2.45, 2.75) is 50.1 Å². The minimum absolute atomic E-state index is 0.00462. The first-order chi connectivity index (χ1) is 16.6. The summed E-state index contributed by atoms with van der Waals surface area (Å²) in [7, 11) is 0. The first-order valence-electron chi connectivity index (χ1n) is 11.8. The Hall–Kier alpha value is -3.31. The lowest BCUT2D eigenvalue weighted by atomic mass is 10.1. The van der Waals surface area contributed by atoms with Crippen LogP contribution in [0.4, 0.5) is 5.69 Å². The second kappa shape index (κ2) is 9.90. The minimum Gasteiger partial charge on any atom is -0.349 e. The molecule has 5 rings (SSSR count). The predicted octanol–water partition coefficient (Wildman–Crippen LogP) is 6.35. The van der Waals surface area contributed by atoms with Gasteiger partial charge in [-0.1, -0.05) is 73.1 Å². The second-order valence-corrected chi connectivity index (χ2v) is 10.1. The summed E-state index contributed by atoms with van der Waals surface area (Å²) in [6, 6.07) is 24.0. The van der Waals surface area contributed by atoms with Gasteiger partial charge in [0.1, 0.15) is 0 Å². The number of hydrogen-bond acceptors (Lipinski definition) is 3. The van der Waals surface area contributed by atoms with E-state index in [4.69, 9.17) is 0 Å². The van der Waals surface area contributed by atoms with Crippen LogP contribution in [0.2, 0.25) is 0 Å². The van der Waals surface area contributed by atoms with Gasteiger partial charge in [0.25, 0.3) is 11.8 Å². The van der Waals surface area contributed by atoms with Crippen LogP contribution in [-0.2, 0) is 11.3 Å². The molecule has 0 radical (unpaired) electrons. The van der Waals surface area contributed by atoms with Crippen molar-refractivity contribution in [2.24, 2.45) is 0 Å². The number of carbonyl (C=O) groups is 2. The van der Waals surface area contributed by atoms with Crippen LogP contribution < -0.4 is 10.2 Å². The molecule has 3 aromatic rings. The van der Waals surface area contributed by atoms with Gasteiger partial charge in [0.05, 0.1) is 17.1 Å². The highest BCUT2D eigenvalue weighted by molar-refractivity contribution is 8.04. The number of amides is 2. The van der Waals surface area contributed by atoms with E-state index in [9.17, 15) is 9.59 Å². The van der Waals surface area contributed by atoms with Crippen LogP contribution in [0.25, 0.3) is 6.08 Å². The maximum Gasteiger partial charge on any atom is 0.265 e. The van der Waals surface area contributed by atoms with Gasteiger partial charge in [0, 0.05) is 16.5 Å². The molecule has 1 aliphatic carbocycles. The molecule has 172 valence electrons. The first-order valence-corrected chi connectivity index (χ1v) is 12.7. The highest BCUT2D eigenvalue weighted by atomic mass is 32.2. The Morgan fingerprint density at radius 1 is 1.00 bits per heavy atom. The van der Waals surface area contributed by atoms with Gasteiger partial charge in [0.2, 0.25) is 0 Å². The Labute approximate surface area is 205 Å². The lowest BCUT2D eigenvalue weighted by Gasteiger charge is -2.31. The highest BCUT2D eigenvalue weighted by Gasteiger charge is 2.29. The molecule has 0 unspecified atom stereocenters. The molecular formula is C29H28N2O2S. The van der Waals surface area contributed by atoms with E-state index in [1.807, 2.05) is 65.6 Å². The van der Waals surface area contributed by atoms with Gasteiger partial charge in [-0.15, -0.1) is 0 Å². The molecule has 34 heavy (non-hydrogen) atoms. The number of thioether (sulfide) groups is 1. The lowest BCUT2D eigenvalue weighted by Crippen LogP contribution is -2.34. The summed E-state index contributed by atoms with van der Waals surface area (Å²) in [6.45, 7) is 2.60. The van der Waals surface area contributed by atoms with Crippen LogP contribution in [0, 0.1) is 6.92 Å². The summed E-state index contributed by atoms with van der Waals surface area (Å²) in [5, 5.41) is 3.13. The SMILES string of the molecule is Cc1ccccc1CN1C(=O)C(=Cc2ccc(C(=O)NC3CCCC3)cc2)Sc2ccccc21. The highest BCUT2D eigenvalue weighted by Crippen LogP contribution is 2.42. The van der Waals surface area contributed by atoms with E-state index in [1.54, 1.807) is 0 Å². The Kier molecular flexibility index (Phi) is 6.54. The Bertz CT molecular complexity index is 1240. The minimum atomic E-state index is -0.0208. The molecular weight excluding hydrogens is 440 g/mol. The molecule has 3 aromatic carbocycles. The largest absolute Gasteiger partial charge is 0.349 e. The molecule has 1 fully saturated rings. The number of carbonyl (C=O) groups excluding carboxylic acids is 2. The van der Waals surface area contributed by atoms with Gasteiger partial charge in [0.15, 0.2) is 0 Å². The van der Waals surface area contributed by atoms with Crippen LogP contribution in [0.15, 0.2) is 82.6 Å². The number of aryl methyl sites for hydroxylation is 1. The Morgan fingerprint density at radius 3 is 2.47 bits per heavy atom. The smallest absolute Gasteiger partial charge is 0.265 e. The summed E-state index contributed by atoms with van der Waals surface area (Å²) in [5.41, 5.74) is 4.81. The van der Waals surface area contributed by atoms with Crippen molar-refractivity contribution >= 4 is 35.3 Å². The van der Waals surface area contributed by atoms with E-state index in [0.717, 1.165) is 34.6 Å². The number of anilines is 1. The van der Waals surface area contributed by atoms with E-state index in [2.05, 4.69) is 30.4 Å². The van der Waals surface area contributed by atoms with E-state index < -0.39 is 0 Å². The van der Waals surface area contributed by atoms with Crippen LogP contribution in [0.5, 0.6) is 0 Å². The zero-order valence-electron chi connectivity index (χ0n) is 19.3. The molecule has 4 nitrogen and oxygen atoms in total.